The molecule has 0 radical (unpaired) electrons. The molecule has 6 heteroatoms. The van der Waals surface area contributed by atoms with Gasteiger partial charge in [-0.25, -0.2) is 0 Å². The average molecular weight is 382 g/mol. The van der Waals surface area contributed by atoms with Crippen molar-refractivity contribution in [2.75, 3.05) is 26.2 Å². The number of benzene rings is 1. The Hall–Kier alpha value is -1.30. The van der Waals surface area contributed by atoms with E-state index in [9.17, 15) is 4.79 Å². The van der Waals surface area contributed by atoms with Gasteiger partial charge in [0.2, 0.25) is 0 Å². The minimum atomic E-state index is -0.0354. The summed E-state index contributed by atoms with van der Waals surface area (Å²) < 4.78 is 5.80. The van der Waals surface area contributed by atoms with Crippen LogP contribution in [0.5, 0.6) is 5.75 Å². The maximum absolute atomic E-state index is 11.9. The van der Waals surface area contributed by atoms with E-state index in [1.54, 1.807) is 0 Å². The first-order valence-corrected chi connectivity index (χ1v) is 9.39. The minimum Gasteiger partial charge on any atom is -0.483 e. The van der Waals surface area contributed by atoms with Gasteiger partial charge >= 0.3 is 0 Å². The molecule has 1 unspecified atom stereocenters. The molecule has 1 heterocycles. The number of amides is 1. The molecule has 0 aromatic heterocycles. The van der Waals surface area contributed by atoms with Gasteiger partial charge in [0.1, 0.15) is 5.75 Å². The molecule has 3 N–H and O–H groups in total. The van der Waals surface area contributed by atoms with Crippen LogP contribution >= 0.6 is 12.4 Å². The number of carbonyl (C=O) groups excluding carboxylic acids is 1. The number of para-hydroxylation sites is 1. The lowest BCUT2D eigenvalue weighted by atomic mass is 9.79. The summed E-state index contributed by atoms with van der Waals surface area (Å²) in [6.07, 6.45) is 3.49. The predicted molar refractivity (Wildman–Crippen MR) is 107 cm³/mol. The van der Waals surface area contributed by atoms with Gasteiger partial charge in [-0.2, -0.15) is 0 Å². The first-order chi connectivity index (χ1) is 11.9. The third-order valence-corrected chi connectivity index (χ3v) is 5.40. The molecular weight excluding hydrogens is 350 g/mol. The molecule has 1 aromatic rings. The summed E-state index contributed by atoms with van der Waals surface area (Å²) >= 11 is 0. The van der Waals surface area contributed by atoms with Crippen LogP contribution in [0.2, 0.25) is 0 Å². The zero-order chi connectivity index (χ0) is 17.9. The molecule has 2 fully saturated rings. The van der Waals surface area contributed by atoms with E-state index in [4.69, 9.17) is 10.5 Å². The van der Waals surface area contributed by atoms with Gasteiger partial charge in [-0.05, 0) is 36.7 Å². The Morgan fingerprint density at radius 2 is 2.04 bits per heavy atom. The van der Waals surface area contributed by atoms with E-state index in [0.717, 1.165) is 43.9 Å². The third-order valence-electron chi connectivity index (χ3n) is 5.40. The summed E-state index contributed by atoms with van der Waals surface area (Å²) in [5.74, 6) is 1.45. The number of nitrogens with two attached hydrogens (primary N) is 1. The van der Waals surface area contributed by atoms with Crippen LogP contribution in [0.4, 0.5) is 0 Å². The van der Waals surface area contributed by atoms with Gasteiger partial charge in [-0.1, -0.05) is 32.0 Å². The first-order valence-electron chi connectivity index (χ1n) is 9.39. The van der Waals surface area contributed by atoms with Gasteiger partial charge in [-0.15, -0.1) is 12.4 Å². The Labute approximate surface area is 163 Å². The third kappa shape index (κ3) is 5.86. The molecular formula is C20H32ClN3O2. The van der Waals surface area contributed by atoms with Crippen LogP contribution in [0.1, 0.15) is 38.7 Å². The number of nitrogens with zero attached hydrogens (tertiary/aromatic N) is 1. The second-order valence-corrected chi connectivity index (χ2v) is 8.24. The van der Waals surface area contributed by atoms with Gasteiger partial charge in [0.25, 0.3) is 5.91 Å². The number of nitrogens with one attached hydrogen (secondary N) is 1. The zero-order valence-electron chi connectivity index (χ0n) is 15.9. The molecule has 1 atom stereocenters. The number of halogens is 1. The highest BCUT2D eigenvalue weighted by Crippen LogP contribution is 2.30. The predicted octanol–water partition coefficient (Wildman–Crippen LogP) is 2.57. The molecule has 1 aliphatic heterocycles. The van der Waals surface area contributed by atoms with E-state index in [0.29, 0.717) is 5.92 Å². The van der Waals surface area contributed by atoms with E-state index >= 15 is 0 Å². The summed E-state index contributed by atoms with van der Waals surface area (Å²) in [6, 6.07) is 8.27. The van der Waals surface area contributed by atoms with E-state index in [-0.39, 0.29) is 36.4 Å². The lowest BCUT2D eigenvalue weighted by molar-refractivity contribution is -0.123. The molecule has 1 aromatic carbocycles. The minimum absolute atomic E-state index is 0. The number of ether oxygens (including phenoxy) is 1. The number of piperidine rings is 1. The largest absolute Gasteiger partial charge is 0.483 e. The number of hydrogen-bond acceptors (Lipinski definition) is 4. The number of likely N-dealkylation sites (tertiary alicyclic amines) is 1. The molecule has 0 bridgehead atoms. The fraction of sp³-hybridized carbons (Fsp3) is 0.650. The van der Waals surface area contributed by atoms with Crippen molar-refractivity contribution >= 4 is 18.3 Å². The SMILES string of the molecule is CC1(C)CN(Cc2ccccc2OCC(=O)NCC2CC2)CCC1N.Cl. The van der Waals surface area contributed by atoms with E-state index in [2.05, 4.69) is 30.1 Å². The van der Waals surface area contributed by atoms with Crippen molar-refractivity contribution in [3.05, 3.63) is 29.8 Å². The molecule has 1 saturated carbocycles. The first kappa shape index (κ1) is 21.0. The van der Waals surface area contributed by atoms with Crippen LogP contribution in [0.25, 0.3) is 0 Å². The van der Waals surface area contributed by atoms with Crippen LogP contribution in [-0.4, -0.2) is 43.1 Å². The standard InChI is InChI=1S/C20H31N3O2.ClH/c1-20(2)14-23(10-9-18(20)21)12-16-5-3-4-6-17(16)25-13-19(24)22-11-15-7-8-15;/h3-6,15,18H,7-14,21H2,1-2H3,(H,22,24);1H. The average Bonchev–Trinajstić information content (AvgIpc) is 3.40. The van der Waals surface area contributed by atoms with Crippen LogP contribution in [0.3, 0.4) is 0 Å². The monoisotopic (exact) mass is 381 g/mol. The smallest absolute Gasteiger partial charge is 0.257 e. The second-order valence-electron chi connectivity index (χ2n) is 8.24. The molecule has 1 aliphatic carbocycles. The maximum atomic E-state index is 11.9. The molecule has 5 nitrogen and oxygen atoms in total. The van der Waals surface area contributed by atoms with Gasteiger partial charge in [0.15, 0.2) is 6.61 Å². The van der Waals surface area contributed by atoms with Crippen LogP contribution in [-0.2, 0) is 11.3 Å². The zero-order valence-corrected chi connectivity index (χ0v) is 16.7. The lowest BCUT2D eigenvalue weighted by Gasteiger charge is -2.42. The summed E-state index contributed by atoms with van der Waals surface area (Å²) in [6.45, 7) is 8.14. The van der Waals surface area contributed by atoms with Crippen molar-refractivity contribution in [1.29, 1.82) is 0 Å². The number of rotatable bonds is 7. The number of hydrogen-bond donors (Lipinski definition) is 2. The van der Waals surface area contributed by atoms with Gasteiger partial charge < -0.3 is 15.8 Å². The van der Waals surface area contributed by atoms with E-state index < -0.39 is 0 Å². The Morgan fingerprint density at radius 1 is 1.31 bits per heavy atom. The fourth-order valence-corrected chi connectivity index (χ4v) is 3.41. The Kier molecular flexibility index (Phi) is 7.33. The van der Waals surface area contributed by atoms with Crippen molar-refractivity contribution in [2.24, 2.45) is 17.1 Å². The highest BCUT2D eigenvalue weighted by atomic mass is 35.5. The Bertz CT molecular complexity index is 604. The molecule has 146 valence electrons. The van der Waals surface area contributed by atoms with Crippen molar-refractivity contribution in [3.63, 3.8) is 0 Å². The Morgan fingerprint density at radius 3 is 2.73 bits per heavy atom. The molecule has 26 heavy (non-hydrogen) atoms. The van der Waals surface area contributed by atoms with Gasteiger partial charge in [-0.3, -0.25) is 9.69 Å². The van der Waals surface area contributed by atoms with Crippen molar-refractivity contribution in [2.45, 2.75) is 45.7 Å². The normalized spacial score (nSPS) is 22.3. The topological polar surface area (TPSA) is 67.6 Å². The summed E-state index contributed by atoms with van der Waals surface area (Å²) in [4.78, 5) is 14.3. The molecule has 1 saturated heterocycles. The van der Waals surface area contributed by atoms with Gasteiger partial charge in [0.05, 0.1) is 0 Å². The van der Waals surface area contributed by atoms with Crippen LogP contribution < -0.4 is 15.8 Å². The summed E-state index contributed by atoms with van der Waals surface area (Å²) in [7, 11) is 0. The maximum Gasteiger partial charge on any atom is 0.257 e. The summed E-state index contributed by atoms with van der Waals surface area (Å²) in [5, 5.41) is 2.94. The quantitative estimate of drug-likeness (QED) is 0.761. The van der Waals surface area contributed by atoms with Gasteiger partial charge in [0, 0.05) is 37.8 Å². The second kappa shape index (κ2) is 9.07. The molecule has 3 rings (SSSR count). The van der Waals surface area contributed by atoms with Crippen LogP contribution in [0.15, 0.2) is 24.3 Å². The lowest BCUT2D eigenvalue weighted by Crippen LogP contribution is -2.52. The van der Waals surface area contributed by atoms with Crippen molar-refractivity contribution < 1.29 is 9.53 Å². The van der Waals surface area contributed by atoms with E-state index in [1.165, 1.54) is 12.8 Å². The van der Waals surface area contributed by atoms with Crippen LogP contribution in [0, 0.1) is 11.3 Å². The Balaban J connectivity index is 0.00000243. The fourth-order valence-electron chi connectivity index (χ4n) is 3.41. The molecule has 2 aliphatic rings. The van der Waals surface area contributed by atoms with Crippen molar-refractivity contribution in [3.8, 4) is 5.75 Å². The van der Waals surface area contributed by atoms with E-state index in [1.807, 2.05) is 18.2 Å². The highest BCUT2D eigenvalue weighted by Gasteiger charge is 2.33. The highest BCUT2D eigenvalue weighted by molar-refractivity contribution is 5.85. The number of carbonyl (C=O) groups is 1. The molecule has 0 spiro atoms. The van der Waals surface area contributed by atoms with Crippen molar-refractivity contribution in [1.82, 2.24) is 10.2 Å². The molecule has 1 amide bonds. The summed E-state index contributed by atoms with van der Waals surface area (Å²) in [5.41, 5.74) is 7.49.